The van der Waals surface area contributed by atoms with Gasteiger partial charge in [-0.05, 0) is 27.6 Å². The van der Waals surface area contributed by atoms with Gasteiger partial charge >= 0.3 is 0 Å². The first-order chi connectivity index (χ1) is 9.10. The summed E-state index contributed by atoms with van der Waals surface area (Å²) >= 11 is 1.75. The molecule has 1 aromatic heterocycles. The van der Waals surface area contributed by atoms with Crippen molar-refractivity contribution in [2.24, 2.45) is 0 Å². The quantitative estimate of drug-likeness (QED) is 0.880. The second-order valence-corrected chi connectivity index (χ2v) is 6.60. The van der Waals surface area contributed by atoms with Crippen LogP contribution in [0.5, 0.6) is 0 Å². The molecule has 2 rings (SSSR count). The number of rotatable bonds is 5. The van der Waals surface area contributed by atoms with E-state index in [-0.39, 0.29) is 0 Å². The van der Waals surface area contributed by atoms with Crippen molar-refractivity contribution in [2.45, 2.75) is 32.4 Å². The van der Waals surface area contributed by atoms with E-state index in [4.69, 9.17) is 0 Å². The van der Waals surface area contributed by atoms with Crippen LogP contribution in [-0.2, 0) is 6.42 Å². The highest BCUT2D eigenvalue weighted by Crippen LogP contribution is 2.16. The summed E-state index contributed by atoms with van der Waals surface area (Å²) < 4.78 is 0. The first-order valence-corrected chi connectivity index (χ1v) is 8.01. The smallest absolute Gasteiger partial charge is 0.0897 e. The Kier molecular flexibility index (Phi) is 5.33. The second-order valence-electron chi connectivity index (χ2n) is 5.54. The number of aryl methyl sites for hydroxylation is 1. The highest BCUT2D eigenvalue weighted by Gasteiger charge is 2.29. The number of hydrogen-bond donors (Lipinski definition) is 1. The van der Waals surface area contributed by atoms with Crippen molar-refractivity contribution in [3.63, 3.8) is 0 Å². The summed E-state index contributed by atoms with van der Waals surface area (Å²) in [5.41, 5.74) is 1.23. The summed E-state index contributed by atoms with van der Waals surface area (Å²) in [6.45, 7) is 8.74. The van der Waals surface area contributed by atoms with Gasteiger partial charge in [0.05, 0.1) is 10.7 Å². The van der Waals surface area contributed by atoms with E-state index in [1.807, 2.05) is 0 Å². The molecule has 2 heterocycles. The van der Waals surface area contributed by atoms with E-state index in [0.717, 1.165) is 26.1 Å². The number of likely N-dealkylation sites (N-methyl/N-ethyl adjacent to an activating group) is 3. The van der Waals surface area contributed by atoms with Crippen molar-refractivity contribution in [1.29, 1.82) is 0 Å². The molecule has 5 heteroatoms. The second kappa shape index (κ2) is 6.79. The van der Waals surface area contributed by atoms with Gasteiger partial charge in [-0.3, -0.25) is 4.90 Å². The lowest BCUT2D eigenvalue weighted by Crippen LogP contribution is -2.59. The topological polar surface area (TPSA) is 31.4 Å². The highest BCUT2D eigenvalue weighted by molar-refractivity contribution is 7.09. The summed E-state index contributed by atoms with van der Waals surface area (Å²) in [7, 11) is 4.46. The van der Waals surface area contributed by atoms with Crippen LogP contribution in [0.3, 0.4) is 0 Å². The van der Waals surface area contributed by atoms with Crippen molar-refractivity contribution in [2.75, 3.05) is 40.3 Å². The molecule has 1 aromatic rings. The van der Waals surface area contributed by atoms with Crippen LogP contribution in [0.15, 0.2) is 5.38 Å². The van der Waals surface area contributed by atoms with Crippen LogP contribution >= 0.6 is 11.3 Å². The third-order valence-corrected chi connectivity index (χ3v) is 4.75. The average Bonchev–Trinajstić information content (AvgIpc) is 2.77. The standard InChI is InChI=1S/C14H26N4S/c1-5-15-13(8-12-10-19-11(2)16-12)14-9-17(3)6-7-18(14)4/h10,13-15H,5-9H2,1-4H3. The van der Waals surface area contributed by atoms with Gasteiger partial charge in [0.15, 0.2) is 0 Å². The lowest BCUT2D eigenvalue weighted by Gasteiger charge is -2.42. The number of piperazine rings is 1. The van der Waals surface area contributed by atoms with E-state index in [9.17, 15) is 0 Å². The molecule has 0 spiro atoms. The predicted molar refractivity (Wildman–Crippen MR) is 81.9 cm³/mol. The minimum atomic E-state index is 0.485. The van der Waals surface area contributed by atoms with Crippen molar-refractivity contribution >= 4 is 11.3 Å². The van der Waals surface area contributed by atoms with Gasteiger partial charge in [0, 0.05) is 43.5 Å². The molecule has 2 atom stereocenters. The van der Waals surface area contributed by atoms with E-state index in [0.29, 0.717) is 12.1 Å². The summed E-state index contributed by atoms with van der Waals surface area (Å²) in [4.78, 5) is 9.54. The minimum absolute atomic E-state index is 0.485. The number of nitrogens with zero attached hydrogens (tertiary/aromatic N) is 3. The van der Waals surface area contributed by atoms with Gasteiger partial charge in [-0.1, -0.05) is 6.92 Å². The van der Waals surface area contributed by atoms with E-state index < -0.39 is 0 Å². The highest BCUT2D eigenvalue weighted by atomic mass is 32.1. The zero-order chi connectivity index (χ0) is 13.8. The third kappa shape index (κ3) is 3.99. The Labute approximate surface area is 120 Å². The fourth-order valence-electron chi connectivity index (χ4n) is 2.81. The number of aromatic nitrogens is 1. The van der Waals surface area contributed by atoms with E-state index in [1.165, 1.54) is 17.2 Å². The third-order valence-electron chi connectivity index (χ3n) is 3.93. The molecule has 0 bridgehead atoms. The van der Waals surface area contributed by atoms with Crippen molar-refractivity contribution in [3.8, 4) is 0 Å². The molecule has 0 radical (unpaired) electrons. The van der Waals surface area contributed by atoms with Crippen LogP contribution in [0.2, 0.25) is 0 Å². The Morgan fingerprint density at radius 1 is 1.47 bits per heavy atom. The molecule has 0 saturated carbocycles. The molecule has 1 saturated heterocycles. The summed E-state index contributed by atoms with van der Waals surface area (Å²) in [5.74, 6) is 0. The average molecular weight is 282 g/mol. The van der Waals surface area contributed by atoms with Gasteiger partial charge in [-0.15, -0.1) is 11.3 Å². The van der Waals surface area contributed by atoms with Gasteiger partial charge in [0.25, 0.3) is 0 Å². The zero-order valence-electron chi connectivity index (χ0n) is 12.5. The summed E-state index contributed by atoms with van der Waals surface area (Å²) in [6, 6.07) is 1.06. The van der Waals surface area contributed by atoms with Crippen molar-refractivity contribution < 1.29 is 0 Å². The molecule has 1 N–H and O–H groups in total. The molecule has 0 aliphatic carbocycles. The molecule has 2 unspecified atom stereocenters. The fourth-order valence-corrected chi connectivity index (χ4v) is 3.44. The normalized spacial score (nSPS) is 23.7. The molecular weight excluding hydrogens is 256 g/mol. The first kappa shape index (κ1) is 14.9. The van der Waals surface area contributed by atoms with Crippen LogP contribution in [-0.4, -0.2) is 67.1 Å². The van der Waals surface area contributed by atoms with Crippen molar-refractivity contribution in [3.05, 3.63) is 16.1 Å². The maximum Gasteiger partial charge on any atom is 0.0897 e. The monoisotopic (exact) mass is 282 g/mol. The largest absolute Gasteiger partial charge is 0.312 e. The number of hydrogen-bond acceptors (Lipinski definition) is 5. The Morgan fingerprint density at radius 2 is 2.26 bits per heavy atom. The lowest BCUT2D eigenvalue weighted by molar-refractivity contribution is 0.0879. The Morgan fingerprint density at radius 3 is 2.89 bits per heavy atom. The van der Waals surface area contributed by atoms with Crippen molar-refractivity contribution in [1.82, 2.24) is 20.1 Å². The van der Waals surface area contributed by atoms with Gasteiger partial charge in [-0.2, -0.15) is 0 Å². The van der Waals surface area contributed by atoms with E-state index in [1.54, 1.807) is 11.3 Å². The number of nitrogens with one attached hydrogen (secondary N) is 1. The van der Waals surface area contributed by atoms with Gasteiger partial charge < -0.3 is 10.2 Å². The first-order valence-electron chi connectivity index (χ1n) is 7.13. The molecule has 1 aliphatic heterocycles. The SMILES string of the molecule is CCNC(Cc1csc(C)n1)C1CN(C)CCN1C. The van der Waals surface area contributed by atoms with E-state index in [2.05, 4.69) is 53.4 Å². The van der Waals surface area contributed by atoms with Crippen LogP contribution in [0.1, 0.15) is 17.6 Å². The lowest BCUT2D eigenvalue weighted by atomic mass is 9.99. The van der Waals surface area contributed by atoms with Gasteiger partial charge in [0.1, 0.15) is 0 Å². The van der Waals surface area contributed by atoms with Crippen LogP contribution in [0.4, 0.5) is 0 Å². The number of thiazole rings is 1. The molecule has 19 heavy (non-hydrogen) atoms. The van der Waals surface area contributed by atoms with Crippen LogP contribution in [0, 0.1) is 6.92 Å². The summed E-state index contributed by atoms with van der Waals surface area (Å²) in [6.07, 6.45) is 1.03. The van der Waals surface area contributed by atoms with Gasteiger partial charge in [0.2, 0.25) is 0 Å². The Bertz CT molecular complexity index is 393. The maximum absolute atomic E-state index is 4.62. The zero-order valence-corrected chi connectivity index (χ0v) is 13.3. The predicted octanol–water partition coefficient (Wildman–Crippen LogP) is 1.22. The Balaban J connectivity index is 2.05. The van der Waals surface area contributed by atoms with Crippen LogP contribution < -0.4 is 5.32 Å². The maximum atomic E-state index is 4.62. The Hall–Kier alpha value is -0.490. The minimum Gasteiger partial charge on any atom is -0.312 e. The summed E-state index contributed by atoms with van der Waals surface area (Å²) in [5, 5.41) is 7.02. The molecule has 4 nitrogen and oxygen atoms in total. The molecule has 1 aliphatic rings. The molecule has 1 fully saturated rings. The van der Waals surface area contributed by atoms with Gasteiger partial charge in [-0.25, -0.2) is 4.98 Å². The molecule has 0 amide bonds. The molecule has 0 aromatic carbocycles. The molecular formula is C14H26N4S. The van der Waals surface area contributed by atoms with E-state index >= 15 is 0 Å². The fraction of sp³-hybridized carbons (Fsp3) is 0.786. The van der Waals surface area contributed by atoms with Crippen LogP contribution in [0.25, 0.3) is 0 Å². The molecule has 108 valence electrons.